The van der Waals surface area contributed by atoms with Crippen LogP contribution in [0, 0.1) is 19.8 Å². The number of rotatable bonds is 2. The Morgan fingerprint density at radius 1 is 1.40 bits per heavy atom. The Morgan fingerprint density at radius 3 is 2.60 bits per heavy atom. The second-order valence-electron chi connectivity index (χ2n) is 5.39. The van der Waals surface area contributed by atoms with Crippen LogP contribution in [0.15, 0.2) is 23.2 Å². The molecule has 20 heavy (non-hydrogen) atoms. The number of aryl methyl sites for hydroxylation is 2. The highest BCUT2D eigenvalue weighted by Gasteiger charge is 2.29. The molecule has 1 aromatic carbocycles. The molecule has 0 bridgehead atoms. The van der Waals surface area contributed by atoms with Crippen molar-refractivity contribution >= 4 is 17.6 Å². The third-order valence-corrected chi connectivity index (χ3v) is 3.97. The molecule has 4 nitrogen and oxygen atoms in total. The standard InChI is InChI=1S/C16H22N2O2/c1-4-13-9-6-10-18(16(19)20)15(13)17-14-11(2)7-5-8-12(14)3/h5,7-8,13H,4,6,9-10H2,1-3H3,(H,19,20). The quantitative estimate of drug-likeness (QED) is 0.881. The molecule has 2 rings (SSSR count). The molecule has 1 saturated heterocycles. The fraction of sp³-hybridized carbons (Fsp3) is 0.500. The first-order valence-corrected chi connectivity index (χ1v) is 7.19. The largest absolute Gasteiger partial charge is 0.465 e. The first-order valence-electron chi connectivity index (χ1n) is 7.19. The van der Waals surface area contributed by atoms with E-state index < -0.39 is 6.09 Å². The molecule has 1 N–H and O–H groups in total. The highest BCUT2D eigenvalue weighted by atomic mass is 16.4. The van der Waals surface area contributed by atoms with Gasteiger partial charge in [-0.05, 0) is 44.2 Å². The number of nitrogens with zero attached hydrogens (tertiary/aromatic N) is 2. The monoisotopic (exact) mass is 274 g/mol. The Balaban J connectivity index is 2.48. The van der Waals surface area contributed by atoms with Crippen molar-refractivity contribution in [3.63, 3.8) is 0 Å². The predicted octanol–water partition coefficient (Wildman–Crippen LogP) is 4.13. The van der Waals surface area contributed by atoms with Gasteiger partial charge in [-0.15, -0.1) is 0 Å². The summed E-state index contributed by atoms with van der Waals surface area (Å²) in [6.45, 7) is 6.67. The third-order valence-electron chi connectivity index (χ3n) is 3.97. The van der Waals surface area contributed by atoms with E-state index in [2.05, 4.69) is 6.92 Å². The Labute approximate surface area is 120 Å². The number of piperidine rings is 1. The Bertz CT molecular complexity index is 517. The predicted molar refractivity (Wildman–Crippen MR) is 80.8 cm³/mol. The molecule has 1 atom stereocenters. The van der Waals surface area contributed by atoms with Gasteiger partial charge in [-0.2, -0.15) is 0 Å². The number of hydrogen-bond donors (Lipinski definition) is 1. The topological polar surface area (TPSA) is 52.9 Å². The van der Waals surface area contributed by atoms with Crippen molar-refractivity contribution in [2.24, 2.45) is 10.9 Å². The van der Waals surface area contributed by atoms with Gasteiger partial charge in [0.2, 0.25) is 0 Å². The molecule has 4 heteroatoms. The molecule has 0 aliphatic carbocycles. The number of hydrogen-bond acceptors (Lipinski definition) is 2. The van der Waals surface area contributed by atoms with Gasteiger partial charge in [0.05, 0.1) is 5.69 Å². The lowest BCUT2D eigenvalue weighted by Crippen LogP contribution is -2.44. The van der Waals surface area contributed by atoms with Gasteiger partial charge in [0.1, 0.15) is 5.84 Å². The summed E-state index contributed by atoms with van der Waals surface area (Å²) in [5, 5.41) is 9.38. The molecule has 1 aromatic rings. The molecular weight excluding hydrogens is 252 g/mol. The van der Waals surface area contributed by atoms with Crippen molar-refractivity contribution in [2.45, 2.75) is 40.0 Å². The Hall–Kier alpha value is -1.84. The van der Waals surface area contributed by atoms with Crippen LogP contribution in [0.1, 0.15) is 37.3 Å². The molecule has 0 spiro atoms. The van der Waals surface area contributed by atoms with Gasteiger partial charge in [-0.25, -0.2) is 9.79 Å². The molecular formula is C16H22N2O2. The lowest BCUT2D eigenvalue weighted by Gasteiger charge is -2.32. The van der Waals surface area contributed by atoms with E-state index in [0.717, 1.165) is 36.1 Å². The normalized spacial score (nSPS) is 21.2. The molecule has 1 amide bonds. The molecule has 1 aliphatic rings. The second kappa shape index (κ2) is 6.07. The van der Waals surface area contributed by atoms with Crippen molar-refractivity contribution in [3.05, 3.63) is 29.3 Å². The van der Waals surface area contributed by atoms with E-state index >= 15 is 0 Å². The summed E-state index contributed by atoms with van der Waals surface area (Å²) in [4.78, 5) is 17.6. The van der Waals surface area contributed by atoms with Crippen LogP contribution in [0.4, 0.5) is 10.5 Å². The average molecular weight is 274 g/mol. The number of benzene rings is 1. The summed E-state index contributed by atoms with van der Waals surface area (Å²) in [5.74, 6) is 0.947. The van der Waals surface area contributed by atoms with Crippen molar-refractivity contribution < 1.29 is 9.90 Å². The van der Waals surface area contributed by atoms with Gasteiger partial charge in [-0.3, -0.25) is 4.90 Å². The van der Waals surface area contributed by atoms with E-state index in [1.54, 1.807) is 0 Å². The molecule has 1 fully saturated rings. The smallest absolute Gasteiger partial charge is 0.412 e. The maximum absolute atomic E-state index is 11.4. The summed E-state index contributed by atoms with van der Waals surface area (Å²) in [6.07, 6.45) is 1.96. The van der Waals surface area contributed by atoms with Crippen molar-refractivity contribution in [1.82, 2.24) is 4.90 Å². The van der Waals surface area contributed by atoms with Crippen LogP contribution in [0.3, 0.4) is 0 Å². The van der Waals surface area contributed by atoms with E-state index in [-0.39, 0.29) is 5.92 Å². The summed E-state index contributed by atoms with van der Waals surface area (Å²) in [7, 11) is 0. The van der Waals surface area contributed by atoms with E-state index in [9.17, 15) is 9.90 Å². The summed E-state index contributed by atoms with van der Waals surface area (Å²) < 4.78 is 0. The van der Waals surface area contributed by atoms with Crippen molar-refractivity contribution in [3.8, 4) is 0 Å². The van der Waals surface area contributed by atoms with Crippen LogP contribution in [0.25, 0.3) is 0 Å². The van der Waals surface area contributed by atoms with E-state index in [4.69, 9.17) is 4.99 Å². The number of likely N-dealkylation sites (tertiary alicyclic amines) is 1. The number of aliphatic imine (C=N–C) groups is 1. The van der Waals surface area contributed by atoms with Gasteiger partial charge in [0.25, 0.3) is 0 Å². The second-order valence-corrected chi connectivity index (χ2v) is 5.39. The minimum Gasteiger partial charge on any atom is -0.465 e. The average Bonchev–Trinajstić information content (AvgIpc) is 2.42. The first-order chi connectivity index (χ1) is 9.54. The lowest BCUT2D eigenvalue weighted by atomic mass is 9.94. The number of carboxylic acid groups (broad SMARTS) is 1. The van der Waals surface area contributed by atoms with Crippen LogP contribution in [0.5, 0.6) is 0 Å². The van der Waals surface area contributed by atoms with Crippen LogP contribution >= 0.6 is 0 Å². The van der Waals surface area contributed by atoms with E-state index in [1.807, 2.05) is 32.0 Å². The van der Waals surface area contributed by atoms with Crippen LogP contribution in [0.2, 0.25) is 0 Å². The number of amides is 1. The van der Waals surface area contributed by atoms with E-state index in [0.29, 0.717) is 12.4 Å². The SMILES string of the molecule is CCC1CCCN(C(=O)O)C1=Nc1c(C)cccc1C. The van der Waals surface area contributed by atoms with E-state index in [1.165, 1.54) is 4.90 Å². The van der Waals surface area contributed by atoms with Gasteiger partial charge in [0, 0.05) is 12.5 Å². The van der Waals surface area contributed by atoms with Gasteiger partial charge in [-0.1, -0.05) is 25.1 Å². The number of amidine groups is 1. The van der Waals surface area contributed by atoms with Gasteiger partial charge < -0.3 is 5.11 Å². The van der Waals surface area contributed by atoms with Crippen molar-refractivity contribution in [1.29, 1.82) is 0 Å². The Morgan fingerprint density at radius 2 is 2.05 bits per heavy atom. The molecule has 0 aromatic heterocycles. The molecule has 1 unspecified atom stereocenters. The summed E-state index contributed by atoms with van der Waals surface area (Å²) in [6, 6.07) is 6.03. The minimum atomic E-state index is -0.895. The lowest BCUT2D eigenvalue weighted by molar-refractivity contribution is 0.162. The van der Waals surface area contributed by atoms with Crippen molar-refractivity contribution in [2.75, 3.05) is 6.54 Å². The number of para-hydroxylation sites is 1. The molecule has 108 valence electrons. The van der Waals surface area contributed by atoms with Gasteiger partial charge >= 0.3 is 6.09 Å². The zero-order chi connectivity index (χ0) is 14.7. The third kappa shape index (κ3) is 2.84. The van der Waals surface area contributed by atoms with Crippen LogP contribution in [-0.4, -0.2) is 28.5 Å². The minimum absolute atomic E-state index is 0.235. The highest BCUT2D eigenvalue weighted by molar-refractivity contribution is 5.98. The maximum Gasteiger partial charge on any atom is 0.412 e. The molecule has 1 aliphatic heterocycles. The zero-order valence-corrected chi connectivity index (χ0v) is 12.4. The maximum atomic E-state index is 11.4. The fourth-order valence-electron chi connectivity index (χ4n) is 2.79. The zero-order valence-electron chi connectivity index (χ0n) is 12.4. The van der Waals surface area contributed by atoms with Gasteiger partial charge in [0.15, 0.2) is 0 Å². The summed E-state index contributed by atoms with van der Waals surface area (Å²) in [5.41, 5.74) is 3.08. The van der Waals surface area contributed by atoms with Crippen LogP contribution < -0.4 is 0 Å². The number of carbonyl (C=O) groups is 1. The molecule has 0 radical (unpaired) electrons. The highest BCUT2D eigenvalue weighted by Crippen LogP contribution is 2.29. The first kappa shape index (κ1) is 14.6. The molecule has 0 saturated carbocycles. The summed E-state index contributed by atoms with van der Waals surface area (Å²) >= 11 is 0. The Kier molecular flexibility index (Phi) is 4.42. The fourth-order valence-corrected chi connectivity index (χ4v) is 2.79. The molecule has 1 heterocycles. The van der Waals surface area contributed by atoms with Crippen LogP contribution in [-0.2, 0) is 0 Å².